The number of aromatic nitrogens is 1. The van der Waals surface area contributed by atoms with Crippen molar-refractivity contribution in [2.75, 3.05) is 11.9 Å². The average molecular weight is 252 g/mol. The summed E-state index contributed by atoms with van der Waals surface area (Å²) in [6.45, 7) is 8.23. The number of nitrogens with zero attached hydrogens (tertiary/aromatic N) is 2. The zero-order valence-electron chi connectivity index (χ0n) is 11.2. The summed E-state index contributed by atoms with van der Waals surface area (Å²) in [4.78, 5) is 14.5. The number of rotatable bonds is 5. The van der Waals surface area contributed by atoms with E-state index in [4.69, 9.17) is 5.73 Å². The first-order valence-corrected chi connectivity index (χ1v) is 5.90. The Hall–Kier alpha value is -1.69. The molecule has 0 bridgehead atoms. The van der Waals surface area contributed by atoms with E-state index >= 15 is 0 Å². The fourth-order valence-corrected chi connectivity index (χ4v) is 1.54. The third-order valence-corrected chi connectivity index (χ3v) is 3.37. The van der Waals surface area contributed by atoms with Crippen molar-refractivity contribution < 1.29 is 4.92 Å². The number of pyridine rings is 1. The van der Waals surface area contributed by atoms with Gasteiger partial charge in [0, 0.05) is 12.6 Å². The van der Waals surface area contributed by atoms with Crippen LogP contribution in [0.3, 0.4) is 0 Å². The van der Waals surface area contributed by atoms with Crippen molar-refractivity contribution in [3.8, 4) is 0 Å². The monoisotopic (exact) mass is 252 g/mol. The van der Waals surface area contributed by atoms with Crippen LogP contribution in [0.1, 0.15) is 26.5 Å². The lowest BCUT2D eigenvalue weighted by Crippen LogP contribution is -2.47. The number of hydrogen-bond donors (Lipinski definition) is 2. The Morgan fingerprint density at radius 3 is 2.56 bits per heavy atom. The van der Waals surface area contributed by atoms with Crippen LogP contribution in [0.25, 0.3) is 0 Å². The molecule has 1 aromatic rings. The molecule has 0 fully saturated rings. The third-order valence-electron chi connectivity index (χ3n) is 3.37. The van der Waals surface area contributed by atoms with Crippen LogP contribution < -0.4 is 11.1 Å². The highest BCUT2D eigenvalue weighted by Gasteiger charge is 2.27. The lowest BCUT2D eigenvalue weighted by Gasteiger charge is -2.34. The summed E-state index contributed by atoms with van der Waals surface area (Å²) in [5, 5.41) is 14.0. The number of aryl methyl sites for hydroxylation is 1. The molecule has 0 amide bonds. The van der Waals surface area contributed by atoms with Crippen molar-refractivity contribution in [2.24, 2.45) is 11.7 Å². The predicted octanol–water partition coefficient (Wildman–Crippen LogP) is 2.08. The molecule has 1 atom stereocenters. The molecular weight excluding hydrogens is 232 g/mol. The molecule has 100 valence electrons. The van der Waals surface area contributed by atoms with Gasteiger partial charge in [0.25, 0.3) is 5.69 Å². The lowest BCUT2D eigenvalue weighted by atomic mass is 9.88. The second kappa shape index (κ2) is 5.30. The number of anilines is 1. The maximum atomic E-state index is 10.7. The molecule has 6 nitrogen and oxygen atoms in total. The molecule has 1 heterocycles. The molecule has 1 rings (SSSR count). The molecule has 0 aliphatic carbocycles. The first-order chi connectivity index (χ1) is 8.30. The second-order valence-electron chi connectivity index (χ2n) is 4.96. The number of nitrogens with one attached hydrogen (secondary N) is 1. The molecule has 18 heavy (non-hydrogen) atoms. The highest BCUT2D eigenvalue weighted by molar-refractivity contribution is 5.46. The minimum Gasteiger partial charge on any atom is -0.363 e. The Bertz CT molecular complexity index is 448. The van der Waals surface area contributed by atoms with E-state index in [-0.39, 0.29) is 11.2 Å². The smallest absolute Gasteiger partial charge is 0.290 e. The van der Waals surface area contributed by atoms with Crippen molar-refractivity contribution in [2.45, 2.75) is 33.2 Å². The molecule has 1 aromatic heterocycles. The fourth-order valence-electron chi connectivity index (χ4n) is 1.54. The number of nitro groups is 1. The van der Waals surface area contributed by atoms with Crippen molar-refractivity contribution in [3.05, 3.63) is 27.9 Å². The Balaban J connectivity index is 2.99. The van der Waals surface area contributed by atoms with Gasteiger partial charge in [-0.25, -0.2) is 4.98 Å². The van der Waals surface area contributed by atoms with E-state index in [0.29, 0.717) is 24.0 Å². The fraction of sp³-hybridized carbons (Fsp3) is 0.583. The first-order valence-electron chi connectivity index (χ1n) is 5.90. The minimum absolute atomic E-state index is 0.0274. The minimum atomic E-state index is -0.434. The Kier molecular flexibility index (Phi) is 4.24. The Morgan fingerprint density at radius 1 is 1.56 bits per heavy atom. The molecule has 0 radical (unpaired) electrons. The molecule has 0 aromatic carbocycles. The average Bonchev–Trinajstić information content (AvgIpc) is 2.28. The van der Waals surface area contributed by atoms with Gasteiger partial charge in [-0.3, -0.25) is 10.1 Å². The van der Waals surface area contributed by atoms with E-state index in [0.717, 1.165) is 0 Å². The summed E-state index contributed by atoms with van der Waals surface area (Å²) in [5.74, 6) is 0.930. The summed E-state index contributed by atoms with van der Waals surface area (Å²) in [7, 11) is 0. The van der Waals surface area contributed by atoms with Gasteiger partial charge in [-0.15, -0.1) is 0 Å². The van der Waals surface area contributed by atoms with Crippen molar-refractivity contribution in [1.82, 2.24) is 4.98 Å². The zero-order valence-corrected chi connectivity index (χ0v) is 11.2. The van der Waals surface area contributed by atoms with Gasteiger partial charge in [-0.05, 0) is 25.8 Å². The Labute approximate surface area is 107 Å². The topological polar surface area (TPSA) is 94.1 Å². The van der Waals surface area contributed by atoms with E-state index in [1.54, 1.807) is 13.0 Å². The van der Waals surface area contributed by atoms with Crippen LogP contribution in [0.2, 0.25) is 0 Å². The third kappa shape index (κ3) is 2.95. The summed E-state index contributed by atoms with van der Waals surface area (Å²) in [5.41, 5.74) is 5.92. The van der Waals surface area contributed by atoms with Crippen LogP contribution in [0, 0.1) is 23.0 Å². The van der Waals surface area contributed by atoms with Gasteiger partial charge in [0.2, 0.25) is 0 Å². The van der Waals surface area contributed by atoms with Crippen LogP contribution in [-0.4, -0.2) is 22.0 Å². The lowest BCUT2D eigenvalue weighted by molar-refractivity contribution is -0.385. The van der Waals surface area contributed by atoms with Crippen molar-refractivity contribution in [1.29, 1.82) is 0 Å². The van der Waals surface area contributed by atoms with E-state index in [1.165, 1.54) is 6.07 Å². The molecule has 6 heteroatoms. The molecular formula is C12H20N4O2. The molecule has 0 saturated heterocycles. The summed E-state index contributed by atoms with van der Waals surface area (Å²) in [6, 6.07) is 3.07. The predicted molar refractivity (Wildman–Crippen MR) is 71.5 cm³/mol. The highest BCUT2D eigenvalue weighted by atomic mass is 16.6. The summed E-state index contributed by atoms with van der Waals surface area (Å²) < 4.78 is 0. The standard InChI is InChI=1S/C12H20N4O2/c1-8(2)12(4,7-13)15-11-6-5-10(16(17)18)9(3)14-11/h5-6,8H,7,13H2,1-4H3,(H,14,15). The number of nitrogens with two attached hydrogens (primary N) is 1. The molecule has 0 aliphatic rings. The zero-order chi connectivity index (χ0) is 13.9. The van der Waals surface area contributed by atoms with Gasteiger partial charge in [0.15, 0.2) is 0 Å². The largest absolute Gasteiger partial charge is 0.363 e. The van der Waals surface area contributed by atoms with E-state index in [2.05, 4.69) is 24.1 Å². The van der Waals surface area contributed by atoms with Crippen LogP contribution in [0.15, 0.2) is 12.1 Å². The van der Waals surface area contributed by atoms with Gasteiger partial charge < -0.3 is 11.1 Å². The molecule has 0 saturated carbocycles. The van der Waals surface area contributed by atoms with Gasteiger partial charge in [0.05, 0.1) is 10.5 Å². The van der Waals surface area contributed by atoms with Crippen LogP contribution >= 0.6 is 0 Å². The maximum absolute atomic E-state index is 10.7. The SMILES string of the molecule is Cc1nc(NC(C)(CN)C(C)C)ccc1[N+](=O)[O-]. The number of hydrogen-bond acceptors (Lipinski definition) is 5. The second-order valence-corrected chi connectivity index (χ2v) is 4.96. The van der Waals surface area contributed by atoms with Gasteiger partial charge in [0.1, 0.15) is 11.5 Å². The van der Waals surface area contributed by atoms with Crippen molar-refractivity contribution >= 4 is 11.5 Å². The van der Waals surface area contributed by atoms with E-state index < -0.39 is 4.92 Å². The maximum Gasteiger partial charge on any atom is 0.290 e. The van der Waals surface area contributed by atoms with Crippen LogP contribution in [-0.2, 0) is 0 Å². The first kappa shape index (κ1) is 14.4. The normalized spacial score (nSPS) is 14.3. The van der Waals surface area contributed by atoms with Gasteiger partial charge >= 0.3 is 0 Å². The Morgan fingerprint density at radius 2 is 2.17 bits per heavy atom. The van der Waals surface area contributed by atoms with Crippen LogP contribution in [0.4, 0.5) is 11.5 Å². The molecule has 0 spiro atoms. The molecule has 3 N–H and O–H groups in total. The summed E-state index contributed by atoms with van der Waals surface area (Å²) in [6.07, 6.45) is 0. The van der Waals surface area contributed by atoms with Gasteiger partial charge in [-0.1, -0.05) is 13.8 Å². The molecule has 0 aliphatic heterocycles. The highest BCUT2D eigenvalue weighted by Crippen LogP contribution is 2.23. The van der Waals surface area contributed by atoms with Crippen LogP contribution in [0.5, 0.6) is 0 Å². The van der Waals surface area contributed by atoms with Gasteiger partial charge in [-0.2, -0.15) is 0 Å². The summed E-state index contributed by atoms with van der Waals surface area (Å²) >= 11 is 0. The van der Waals surface area contributed by atoms with Crippen molar-refractivity contribution in [3.63, 3.8) is 0 Å². The van der Waals surface area contributed by atoms with E-state index in [1.807, 2.05) is 6.92 Å². The quantitative estimate of drug-likeness (QED) is 0.618. The molecule has 1 unspecified atom stereocenters. The van der Waals surface area contributed by atoms with E-state index in [9.17, 15) is 10.1 Å².